The molecule has 117 heavy (non-hydrogen) atoms. The average Bonchev–Trinajstić information content (AvgIpc) is 1.56. The SMILES string of the molecule is C.C.C.CC(=O)O[C@H]1[C@@H](O)[C@@H](O)C2C3CCc4cc(C)ccc4C3CC[C@@]21C.C[C@]12CCC3c4ccc(O)cc4CCC3C1C=CC21OCCO1.C[C@]12CCC3c4ccc(O)cc4CCC3C1CCC2=O.Cc1ccc2c(c1)CCC1C2CC[C@@]2(C)C1CCC21OCCO1.Cc1ccc2c(c1)CCC1C2CC[C@]2(C)C(=O)C=CC12.I.II. The molecule has 2 heterocycles. The molecular weight excluding hydrogens is 1800 g/mol. The number of allylic oxidation sites excluding steroid dienone is 3. The van der Waals surface area contributed by atoms with Crippen LogP contribution < -0.4 is 0 Å². The van der Waals surface area contributed by atoms with E-state index in [-0.39, 0.29) is 91.0 Å². The molecule has 0 amide bonds. The highest BCUT2D eigenvalue weighted by Crippen LogP contribution is 2.69. The number of hydrogen-bond acceptors (Lipinski definition) is 12. The number of phenols is 2. The van der Waals surface area contributed by atoms with Gasteiger partial charge in [0.15, 0.2) is 17.4 Å². The van der Waals surface area contributed by atoms with E-state index in [0.29, 0.717) is 101 Å². The normalized spacial score (nSPS) is 38.2. The minimum atomic E-state index is -0.989. The lowest BCUT2D eigenvalue weighted by molar-refractivity contribution is -0.237. The van der Waals surface area contributed by atoms with Crippen molar-refractivity contribution in [1.82, 2.24) is 0 Å². The summed E-state index contributed by atoms with van der Waals surface area (Å²) in [4.78, 5) is 36.0. The van der Waals surface area contributed by atoms with Crippen molar-refractivity contribution in [3.8, 4) is 11.5 Å². The fourth-order valence-corrected chi connectivity index (χ4v) is 28.9. The van der Waals surface area contributed by atoms with Crippen molar-refractivity contribution in [3.05, 3.63) is 188 Å². The first-order valence-corrected chi connectivity index (χ1v) is 50.2. The summed E-state index contributed by atoms with van der Waals surface area (Å²) in [5.41, 5.74) is 18.8. The minimum absolute atomic E-state index is 0. The lowest BCUT2D eigenvalue weighted by Gasteiger charge is -2.52. The van der Waals surface area contributed by atoms with Gasteiger partial charge in [-0.15, -0.1) is 24.0 Å². The number of aliphatic hydroxyl groups excluding tert-OH is 2. The number of carbonyl (C=O) groups is 3. The molecule has 8 saturated carbocycles. The lowest BCUT2D eigenvalue weighted by atomic mass is 9.54. The van der Waals surface area contributed by atoms with E-state index in [1.807, 2.05) is 30.3 Å². The van der Waals surface area contributed by atoms with Crippen LogP contribution in [0.3, 0.4) is 0 Å². The zero-order valence-corrected chi connectivity index (χ0v) is 75.5. The van der Waals surface area contributed by atoms with Gasteiger partial charge in [-0.05, 0) is 343 Å². The van der Waals surface area contributed by atoms with Crippen molar-refractivity contribution in [1.29, 1.82) is 0 Å². The molecule has 17 aliphatic rings. The summed E-state index contributed by atoms with van der Waals surface area (Å²) < 4.78 is 30.1. The van der Waals surface area contributed by atoms with Crippen LogP contribution in [-0.2, 0) is 70.2 Å². The number of benzene rings is 5. The molecule has 0 radical (unpaired) electrons. The molecule has 2 aliphatic heterocycles. The number of phenolic OH excluding ortho intramolecular Hbond substituents is 2. The summed E-state index contributed by atoms with van der Waals surface area (Å²) in [6, 6.07) is 32.7. The summed E-state index contributed by atoms with van der Waals surface area (Å²) in [5.74, 6) is 9.17. The van der Waals surface area contributed by atoms with Gasteiger partial charge in [-0.2, -0.15) is 0 Å². The van der Waals surface area contributed by atoms with Gasteiger partial charge in [-0.25, -0.2) is 0 Å². The summed E-state index contributed by atoms with van der Waals surface area (Å²) in [6.07, 6.45) is 33.4. The van der Waals surface area contributed by atoms with Crippen LogP contribution in [0.4, 0.5) is 0 Å². The molecule has 23 atom stereocenters. The van der Waals surface area contributed by atoms with Gasteiger partial charge in [0, 0.05) is 84.1 Å². The quantitative estimate of drug-likeness (QED) is 0.0710. The monoisotopic (exact) mass is 1930 g/mol. The van der Waals surface area contributed by atoms with E-state index >= 15 is 0 Å². The molecule has 22 rings (SSSR count). The van der Waals surface area contributed by atoms with E-state index in [0.717, 1.165) is 114 Å². The molecule has 10 fully saturated rings. The minimum Gasteiger partial charge on any atom is -0.508 e. The molecule has 0 bridgehead atoms. The van der Waals surface area contributed by atoms with Gasteiger partial charge in [0.25, 0.3) is 0 Å². The van der Waals surface area contributed by atoms with Crippen LogP contribution in [0.2, 0.25) is 0 Å². The fourth-order valence-electron chi connectivity index (χ4n) is 28.9. The molecule has 15 unspecified atom stereocenters. The second kappa shape index (κ2) is 35.2. The molecule has 0 aromatic heterocycles. The first-order valence-electron chi connectivity index (χ1n) is 43.9. The zero-order valence-electron chi connectivity index (χ0n) is 68.9. The van der Waals surface area contributed by atoms with E-state index in [2.05, 4.69) is 178 Å². The molecule has 638 valence electrons. The molecule has 5 aromatic carbocycles. The van der Waals surface area contributed by atoms with E-state index in [9.17, 15) is 34.8 Å². The number of ether oxygens (including phenoxy) is 5. The molecule has 5 aromatic rings. The van der Waals surface area contributed by atoms with Crippen LogP contribution in [0.1, 0.15) is 288 Å². The fraction of sp³-hybridized carbons (Fsp3) is 0.637. The number of aryl methyl sites for hydroxylation is 8. The molecule has 2 spiro atoms. The number of esters is 1. The second-order valence-corrected chi connectivity index (χ2v) is 39.5. The zero-order chi connectivity index (χ0) is 79.1. The van der Waals surface area contributed by atoms with Gasteiger partial charge >= 0.3 is 5.97 Å². The van der Waals surface area contributed by atoms with Gasteiger partial charge in [0.2, 0.25) is 0 Å². The van der Waals surface area contributed by atoms with Gasteiger partial charge in [0.05, 0.1) is 32.5 Å². The Morgan fingerprint density at radius 3 is 1.38 bits per heavy atom. The Labute approximate surface area is 740 Å². The number of aromatic hydroxyl groups is 2. The number of rotatable bonds is 1. The maximum atomic E-state index is 12.3. The molecule has 15 aliphatic carbocycles. The molecule has 2 saturated heterocycles. The molecule has 15 heteroatoms. The highest BCUT2D eigenvalue weighted by atomic mass is 128. The van der Waals surface area contributed by atoms with Crippen LogP contribution in [-0.4, -0.2) is 94.3 Å². The highest BCUT2D eigenvalue weighted by molar-refractivity contribution is 15.0. The number of Topliss-reactive ketones (excluding diaryl/α,β-unsaturated/α-hetero) is 1. The van der Waals surface area contributed by atoms with Crippen LogP contribution >= 0.6 is 61.2 Å². The van der Waals surface area contributed by atoms with Crippen molar-refractivity contribution in [2.75, 3.05) is 26.4 Å². The standard InChI is InChI=1S/C21H28O4.C21H28O2.C20H24O3.C19H22O.C18H22O2.3CH4.I2.HI/c1-11-4-6-14-13(10-11)5-7-16-15(14)8-9-21(3)17(16)18(23)19(24)20(21)25-12(2)22;1-14-3-5-16-15(13-14)4-6-18-17(16)7-9-20(2)19(18)8-10-21(20)22-11-12-23-21;1-19-8-6-16-15-5-3-14(21)12-13(15)2-4-17(16)18(19)7-9-20(19)22-10-11-23-20;1-12-3-5-14-13(11-12)4-6-16-15(14)9-10-19(2)17(16)7-8-18(19)20;1-18-9-8-14-13-5-3-12(19)10-11(13)2-4-15(14)16(18)6-7-17(18)20;;;;1-2;/h4,6,10,15-20,23-24H,5,7-9H2,1-3H3;3,5,13,17-19H,4,6-12H2,1-2H3;3,5,7,9,12,16-18,21H,2,4,6,8,10-11H2,1H3;3,5,7-8,11,15-17H,4,6,9-10H2,1-2H3;3,5,10,14-16,19H,2,4,6-9H2,1H3;3*1H4;;1H/t15?,16?,17?,18-,19-,20-,21-;17?,18?,19?,20-;16?,17?,18?,19-;15?,16?,17?,19-;14?,15?,16?,18-;;;;;/m00000...../s1. The van der Waals surface area contributed by atoms with Crippen molar-refractivity contribution in [2.24, 2.45) is 86.3 Å². The van der Waals surface area contributed by atoms with Crippen LogP contribution in [0, 0.1) is 107 Å². The molecule has 4 N–H and O–H groups in total. The van der Waals surface area contributed by atoms with E-state index in [4.69, 9.17) is 23.7 Å². The van der Waals surface area contributed by atoms with E-state index < -0.39 is 24.1 Å². The van der Waals surface area contributed by atoms with E-state index in [1.54, 1.807) is 22.3 Å². The third kappa shape index (κ3) is 15.2. The Kier molecular flexibility index (Phi) is 27.2. The van der Waals surface area contributed by atoms with Gasteiger partial charge < -0.3 is 44.1 Å². The first kappa shape index (κ1) is 90.7. The summed E-state index contributed by atoms with van der Waals surface area (Å²) in [7, 11) is 0. The number of fused-ring (bicyclic) bond motifs is 27. The summed E-state index contributed by atoms with van der Waals surface area (Å²) in [5, 5.41) is 40.9. The summed E-state index contributed by atoms with van der Waals surface area (Å²) in [6.45, 7) is 22.3. The number of carbonyl (C=O) groups excluding carboxylic acids is 3. The van der Waals surface area contributed by atoms with Gasteiger partial charge in [-0.1, -0.05) is 152 Å². The Hall–Kier alpha value is -4.06. The van der Waals surface area contributed by atoms with Crippen LogP contribution in [0.25, 0.3) is 0 Å². The van der Waals surface area contributed by atoms with Crippen molar-refractivity contribution < 1.29 is 58.5 Å². The highest BCUT2D eigenvalue weighted by Gasteiger charge is 2.68. The second-order valence-electron chi connectivity index (χ2n) is 39.5. The smallest absolute Gasteiger partial charge is 0.303 e. The van der Waals surface area contributed by atoms with Crippen molar-refractivity contribution in [3.63, 3.8) is 0 Å². The Balaban J connectivity index is 0.000000125. The number of aliphatic hydroxyl groups is 2. The molecule has 12 nitrogen and oxygen atoms in total. The van der Waals surface area contributed by atoms with Crippen LogP contribution in [0.5, 0.6) is 11.5 Å². The van der Waals surface area contributed by atoms with Crippen molar-refractivity contribution >= 4 is 78.7 Å². The average molecular weight is 1940 g/mol. The summed E-state index contributed by atoms with van der Waals surface area (Å²) >= 11 is 4.24. The topological polar surface area (TPSA) is 178 Å². The largest absolute Gasteiger partial charge is 0.508 e. The predicted molar refractivity (Wildman–Crippen MR) is 494 cm³/mol. The number of ketones is 2. The Bertz CT molecular complexity index is 4510. The Morgan fingerprint density at radius 2 is 0.863 bits per heavy atom. The number of halogens is 3. The number of hydrogen-bond donors (Lipinski definition) is 4. The maximum absolute atomic E-state index is 12.3. The lowest BCUT2D eigenvalue weighted by Crippen LogP contribution is -2.52. The third-order valence-corrected chi connectivity index (χ3v) is 34.4. The first-order chi connectivity index (χ1) is 54.3. The van der Waals surface area contributed by atoms with Gasteiger partial charge in [-0.3, -0.25) is 14.4 Å². The predicted octanol–water partition coefficient (Wildman–Crippen LogP) is 23.4. The van der Waals surface area contributed by atoms with Crippen molar-refractivity contribution in [2.45, 2.75) is 298 Å². The maximum Gasteiger partial charge on any atom is 0.303 e. The third-order valence-electron chi connectivity index (χ3n) is 34.4. The Morgan fingerprint density at radius 1 is 0.444 bits per heavy atom. The van der Waals surface area contributed by atoms with Gasteiger partial charge in [0.1, 0.15) is 29.5 Å². The molecular formula is C102H137I3O12. The van der Waals surface area contributed by atoms with E-state index in [1.165, 1.54) is 128 Å². The van der Waals surface area contributed by atoms with Crippen LogP contribution in [0.15, 0.2) is 115 Å².